The summed E-state index contributed by atoms with van der Waals surface area (Å²) in [6.45, 7) is 0. The minimum atomic E-state index is -0.357. The molecule has 0 N–H and O–H groups in total. The Bertz CT molecular complexity index is 964. The lowest BCUT2D eigenvalue weighted by molar-refractivity contribution is -0.141. The van der Waals surface area contributed by atoms with Gasteiger partial charge in [-0.25, -0.2) is 4.79 Å². The first-order valence-corrected chi connectivity index (χ1v) is 10.4. The Morgan fingerprint density at radius 2 is 1.81 bits per heavy atom. The van der Waals surface area contributed by atoms with Crippen molar-refractivity contribution in [1.29, 1.82) is 0 Å². The fraction of sp³-hybridized carbons (Fsp3) is 0.360. The molecule has 31 heavy (non-hydrogen) atoms. The zero-order chi connectivity index (χ0) is 22.0. The molecule has 0 bridgehead atoms. The van der Waals surface area contributed by atoms with Crippen LogP contribution in [0.2, 0.25) is 0 Å². The maximum absolute atomic E-state index is 12.8. The van der Waals surface area contributed by atoms with Crippen LogP contribution in [0.5, 0.6) is 5.75 Å². The molecule has 0 amide bonds. The number of benzene rings is 2. The molecular formula is C25H27NO5. The average molecular weight is 421 g/mol. The van der Waals surface area contributed by atoms with Crippen LogP contribution in [0.4, 0.5) is 5.69 Å². The molecule has 4 atom stereocenters. The van der Waals surface area contributed by atoms with Crippen molar-refractivity contribution in [3.05, 3.63) is 65.7 Å². The number of esters is 2. The van der Waals surface area contributed by atoms with E-state index in [4.69, 9.17) is 14.2 Å². The van der Waals surface area contributed by atoms with E-state index < -0.39 is 0 Å². The van der Waals surface area contributed by atoms with Crippen LogP contribution in [0.15, 0.2) is 54.6 Å². The molecule has 1 aliphatic heterocycles. The monoisotopic (exact) mass is 421 g/mol. The highest BCUT2D eigenvalue weighted by atomic mass is 16.6. The van der Waals surface area contributed by atoms with Gasteiger partial charge in [-0.2, -0.15) is 0 Å². The number of rotatable bonds is 6. The second kappa shape index (κ2) is 8.84. The van der Waals surface area contributed by atoms with Crippen molar-refractivity contribution in [2.75, 3.05) is 26.1 Å². The van der Waals surface area contributed by atoms with E-state index >= 15 is 0 Å². The van der Waals surface area contributed by atoms with Crippen molar-refractivity contribution in [3.63, 3.8) is 0 Å². The summed E-state index contributed by atoms with van der Waals surface area (Å²) in [5.41, 5.74) is 2.54. The third-order valence-corrected chi connectivity index (χ3v) is 6.06. The van der Waals surface area contributed by atoms with Crippen LogP contribution in [0.25, 0.3) is 6.08 Å². The lowest BCUT2D eigenvalue weighted by atomic mass is 9.91. The summed E-state index contributed by atoms with van der Waals surface area (Å²) in [4.78, 5) is 26.6. The van der Waals surface area contributed by atoms with Crippen LogP contribution in [0.3, 0.4) is 0 Å². The van der Waals surface area contributed by atoms with E-state index in [-0.39, 0.29) is 36.0 Å². The highest BCUT2D eigenvalue weighted by Gasteiger charge is 2.50. The first-order chi connectivity index (χ1) is 14.9. The molecule has 1 heterocycles. The summed E-state index contributed by atoms with van der Waals surface area (Å²) in [5, 5.41) is 0. The molecule has 0 aromatic heterocycles. The summed E-state index contributed by atoms with van der Waals surface area (Å²) >= 11 is 0. The first-order valence-electron chi connectivity index (χ1n) is 10.4. The molecule has 1 saturated heterocycles. The number of fused-ring (bicyclic) bond motifs is 1. The highest BCUT2D eigenvalue weighted by Crippen LogP contribution is 2.44. The van der Waals surface area contributed by atoms with Crippen LogP contribution in [0, 0.1) is 11.8 Å². The Labute approximate surface area is 182 Å². The average Bonchev–Trinajstić information content (AvgIpc) is 3.28. The Morgan fingerprint density at radius 1 is 1.10 bits per heavy atom. The van der Waals surface area contributed by atoms with Crippen LogP contribution < -0.4 is 9.64 Å². The van der Waals surface area contributed by atoms with Crippen LogP contribution in [-0.4, -0.2) is 45.4 Å². The molecule has 0 unspecified atom stereocenters. The number of ether oxygens (including phenoxy) is 3. The Hall–Kier alpha value is -3.28. The summed E-state index contributed by atoms with van der Waals surface area (Å²) in [5.74, 6) is 0.200. The number of methoxy groups -OCH3 is 1. The topological polar surface area (TPSA) is 65.1 Å². The molecule has 0 radical (unpaired) electrons. The van der Waals surface area contributed by atoms with Gasteiger partial charge in [0.25, 0.3) is 0 Å². The minimum absolute atomic E-state index is 0.0240. The van der Waals surface area contributed by atoms with Gasteiger partial charge in [0, 0.05) is 38.0 Å². The molecule has 2 fully saturated rings. The fourth-order valence-corrected chi connectivity index (χ4v) is 4.33. The van der Waals surface area contributed by atoms with Gasteiger partial charge in [0.05, 0.1) is 19.1 Å². The number of nitrogens with zero attached hydrogens (tertiary/aromatic N) is 1. The van der Waals surface area contributed by atoms with E-state index in [0.29, 0.717) is 18.4 Å². The number of anilines is 1. The highest BCUT2D eigenvalue weighted by molar-refractivity contribution is 5.90. The van der Waals surface area contributed by atoms with Crippen LogP contribution >= 0.6 is 0 Å². The molecule has 0 spiro atoms. The maximum Gasteiger partial charge on any atom is 0.338 e. The number of carbonyl (C=O) groups is 2. The Kier molecular flexibility index (Phi) is 5.98. The smallest absolute Gasteiger partial charge is 0.338 e. The first kappa shape index (κ1) is 21.0. The van der Waals surface area contributed by atoms with Gasteiger partial charge in [-0.1, -0.05) is 24.3 Å². The summed E-state index contributed by atoms with van der Waals surface area (Å²) in [7, 11) is 5.53. The second-order valence-electron chi connectivity index (χ2n) is 8.23. The van der Waals surface area contributed by atoms with Crippen LogP contribution in [0.1, 0.15) is 28.8 Å². The molecule has 1 aliphatic carbocycles. The van der Waals surface area contributed by atoms with E-state index in [9.17, 15) is 9.59 Å². The molecule has 1 saturated carbocycles. The third-order valence-electron chi connectivity index (χ3n) is 6.06. The Balaban J connectivity index is 1.50. The molecule has 2 aromatic rings. The summed E-state index contributed by atoms with van der Waals surface area (Å²) in [6, 6.07) is 15.1. The van der Waals surface area contributed by atoms with Gasteiger partial charge >= 0.3 is 11.9 Å². The predicted molar refractivity (Wildman–Crippen MR) is 118 cm³/mol. The van der Waals surface area contributed by atoms with Gasteiger partial charge in [-0.3, -0.25) is 4.79 Å². The quantitative estimate of drug-likeness (QED) is 0.658. The maximum atomic E-state index is 12.8. The predicted octanol–water partition coefficient (Wildman–Crippen LogP) is 3.95. The van der Waals surface area contributed by atoms with E-state index in [0.717, 1.165) is 17.0 Å². The molecule has 4 rings (SSSR count). The fourth-order valence-electron chi connectivity index (χ4n) is 4.33. The number of hydrogen-bond donors (Lipinski definition) is 0. The van der Waals surface area contributed by atoms with E-state index in [2.05, 4.69) is 0 Å². The third kappa shape index (κ3) is 4.58. The molecular weight excluding hydrogens is 394 g/mol. The lowest BCUT2D eigenvalue weighted by Crippen LogP contribution is -2.24. The van der Waals surface area contributed by atoms with Gasteiger partial charge in [-0.05, 0) is 42.0 Å². The zero-order valence-electron chi connectivity index (χ0n) is 18.0. The van der Waals surface area contributed by atoms with E-state index in [1.54, 1.807) is 19.2 Å². The molecule has 6 heteroatoms. The van der Waals surface area contributed by atoms with Gasteiger partial charge in [0.1, 0.15) is 18.0 Å². The molecule has 6 nitrogen and oxygen atoms in total. The normalized spacial score (nSPS) is 24.7. The number of hydrogen-bond acceptors (Lipinski definition) is 6. The van der Waals surface area contributed by atoms with Gasteiger partial charge in [0.15, 0.2) is 0 Å². The van der Waals surface area contributed by atoms with Gasteiger partial charge in [0.2, 0.25) is 0 Å². The van der Waals surface area contributed by atoms with Gasteiger partial charge < -0.3 is 19.1 Å². The molecule has 162 valence electrons. The lowest BCUT2D eigenvalue weighted by Gasteiger charge is -2.20. The molecule has 2 aliphatic rings. The van der Waals surface area contributed by atoms with Crippen molar-refractivity contribution in [2.24, 2.45) is 11.8 Å². The van der Waals surface area contributed by atoms with Crippen molar-refractivity contribution < 1.29 is 23.8 Å². The van der Waals surface area contributed by atoms with E-state index in [1.165, 1.54) is 0 Å². The summed E-state index contributed by atoms with van der Waals surface area (Å²) < 4.78 is 16.6. The van der Waals surface area contributed by atoms with Crippen molar-refractivity contribution >= 4 is 23.7 Å². The number of carbonyl (C=O) groups excluding carboxylic acids is 2. The van der Waals surface area contributed by atoms with Crippen molar-refractivity contribution in [1.82, 2.24) is 0 Å². The van der Waals surface area contributed by atoms with Crippen LogP contribution in [-0.2, 0) is 14.3 Å². The second-order valence-corrected chi connectivity index (χ2v) is 8.23. The summed E-state index contributed by atoms with van der Waals surface area (Å²) in [6.07, 6.45) is 4.39. The van der Waals surface area contributed by atoms with Crippen molar-refractivity contribution in [2.45, 2.75) is 25.0 Å². The van der Waals surface area contributed by atoms with Crippen molar-refractivity contribution in [3.8, 4) is 5.75 Å². The molecule has 2 aromatic carbocycles. The largest absolute Gasteiger partial charge is 0.497 e. The zero-order valence-corrected chi connectivity index (χ0v) is 18.0. The SMILES string of the molecule is COc1ccc(/C=C/[C@@H]2[C@H]3CC(=O)O[C@H]3C[C@H]2OC(=O)c2ccc(N(C)C)cc2)cc1. The minimum Gasteiger partial charge on any atom is -0.497 e. The Morgan fingerprint density at radius 3 is 2.45 bits per heavy atom. The van der Waals surface area contributed by atoms with Gasteiger partial charge in [-0.15, -0.1) is 0 Å². The standard InChI is InChI=1S/C25H27NO5/c1-26(2)18-9-7-17(8-10-18)25(28)31-22-15-23-21(14-24(27)30-23)20(22)13-6-16-4-11-19(29-3)12-5-16/h4-13,20-23H,14-15H2,1-3H3/b13-6+/t20-,21-,22-,23+/m1/s1. The van der Waals surface area contributed by atoms with E-state index in [1.807, 2.05) is 67.5 Å².